The first-order valence-corrected chi connectivity index (χ1v) is 8.86. The van der Waals surface area contributed by atoms with E-state index in [-0.39, 0.29) is 11.5 Å². The SMILES string of the molecule is Nc1ccc(S(=O)(=O)NC2(CO)CCCCC2)c(Br)c1. The highest BCUT2D eigenvalue weighted by atomic mass is 79.9. The maximum Gasteiger partial charge on any atom is 0.242 e. The molecule has 0 radical (unpaired) electrons. The van der Waals surface area contributed by atoms with Gasteiger partial charge in [-0.05, 0) is 47.0 Å². The Morgan fingerprint density at radius 1 is 1.30 bits per heavy atom. The first-order chi connectivity index (χ1) is 9.38. The lowest BCUT2D eigenvalue weighted by Gasteiger charge is -2.36. The molecule has 0 heterocycles. The van der Waals surface area contributed by atoms with E-state index in [2.05, 4.69) is 20.7 Å². The van der Waals surface area contributed by atoms with Crippen LogP contribution in [0.2, 0.25) is 0 Å². The Kier molecular flexibility index (Phi) is 4.73. The second-order valence-electron chi connectivity index (χ2n) is 5.29. The summed E-state index contributed by atoms with van der Waals surface area (Å²) in [6, 6.07) is 4.57. The molecule has 1 aliphatic carbocycles. The highest BCUT2D eigenvalue weighted by Crippen LogP contribution is 2.31. The van der Waals surface area contributed by atoms with E-state index in [4.69, 9.17) is 5.73 Å². The number of rotatable bonds is 4. The summed E-state index contributed by atoms with van der Waals surface area (Å²) in [5.41, 5.74) is 5.37. The number of hydrogen-bond donors (Lipinski definition) is 3. The Bertz CT molecular complexity index is 583. The van der Waals surface area contributed by atoms with Crippen molar-refractivity contribution in [1.82, 2.24) is 4.72 Å². The van der Waals surface area contributed by atoms with Crippen molar-refractivity contribution >= 4 is 31.6 Å². The molecule has 0 bridgehead atoms. The molecule has 5 nitrogen and oxygen atoms in total. The number of nitrogens with two attached hydrogens (primary N) is 1. The second kappa shape index (κ2) is 6.01. The minimum Gasteiger partial charge on any atom is -0.399 e. The van der Waals surface area contributed by atoms with Crippen molar-refractivity contribution in [3.8, 4) is 0 Å². The van der Waals surface area contributed by atoms with Crippen LogP contribution in [0.25, 0.3) is 0 Å². The Morgan fingerprint density at radius 2 is 1.95 bits per heavy atom. The molecule has 1 saturated carbocycles. The predicted molar refractivity (Wildman–Crippen MR) is 81.8 cm³/mol. The number of nitrogens with one attached hydrogen (secondary N) is 1. The lowest BCUT2D eigenvalue weighted by atomic mass is 9.83. The number of anilines is 1. The summed E-state index contributed by atoms with van der Waals surface area (Å²) in [5, 5.41) is 9.61. The molecule has 20 heavy (non-hydrogen) atoms. The number of hydrogen-bond acceptors (Lipinski definition) is 4. The van der Waals surface area contributed by atoms with Gasteiger partial charge in [0, 0.05) is 10.2 Å². The fourth-order valence-electron chi connectivity index (χ4n) is 2.60. The Hall–Kier alpha value is -0.630. The highest BCUT2D eigenvalue weighted by Gasteiger charge is 2.36. The van der Waals surface area contributed by atoms with Gasteiger partial charge in [-0.1, -0.05) is 19.3 Å². The van der Waals surface area contributed by atoms with Crippen LogP contribution in [0.5, 0.6) is 0 Å². The molecule has 1 aromatic rings. The molecule has 0 aliphatic heterocycles. The summed E-state index contributed by atoms with van der Waals surface area (Å²) in [7, 11) is -3.69. The third-order valence-corrected chi connectivity index (χ3v) is 6.26. The van der Waals surface area contributed by atoms with Gasteiger partial charge in [0.1, 0.15) is 0 Å². The van der Waals surface area contributed by atoms with Crippen molar-refractivity contribution in [3.63, 3.8) is 0 Å². The molecule has 4 N–H and O–H groups in total. The lowest BCUT2D eigenvalue weighted by Crippen LogP contribution is -2.52. The van der Waals surface area contributed by atoms with Gasteiger partial charge >= 0.3 is 0 Å². The fraction of sp³-hybridized carbons (Fsp3) is 0.538. The summed E-state index contributed by atoms with van der Waals surface area (Å²) in [6.45, 7) is -0.182. The van der Waals surface area contributed by atoms with E-state index < -0.39 is 15.6 Å². The molecule has 1 fully saturated rings. The van der Waals surface area contributed by atoms with Gasteiger partial charge in [-0.25, -0.2) is 13.1 Å². The second-order valence-corrected chi connectivity index (χ2v) is 7.80. The molecule has 2 rings (SSSR count). The van der Waals surface area contributed by atoms with Gasteiger partial charge in [-0.15, -0.1) is 0 Å². The third-order valence-electron chi connectivity index (χ3n) is 3.71. The van der Waals surface area contributed by atoms with E-state index in [1.807, 2.05) is 0 Å². The van der Waals surface area contributed by atoms with Crippen LogP contribution in [0.3, 0.4) is 0 Å². The zero-order chi connectivity index (χ0) is 14.8. The summed E-state index contributed by atoms with van der Waals surface area (Å²) in [6.07, 6.45) is 4.25. The standard InChI is InChI=1S/C13H19BrN2O3S/c14-11-8-10(15)4-5-12(11)20(18,19)16-13(9-17)6-2-1-3-7-13/h4-5,8,16-17H,1-3,6-7,9,15H2. The van der Waals surface area contributed by atoms with E-state index in [0.29, 0.717) is 23.0 Å². The van der Waals surface area contributed by atoms with Crippen molar-refractivity contribution in [2.45, 2.75) is 42.5 Å². The Labute approximate surface area is 127 Å². The topological polar surface area (TPSA) is 92.4 Å². The zero-order valence-electron chi connectivity index (χ0n) is 11.1. The summed E-state index contributed by atoms with van der Waals surface area (Å²) in [5.74, 6) is 0. The molecule has 0 unspecified atom stereocenters. The molecule has 0 spiro atoms. The van der Waals surface area contributed by atoms with Crippen LogP contribution in [0.15, 0.2) is 27.6 Å². The number of sulfonamides is 1. The summed E-state index contributed by atoms with van der Waals surface area (Å²) in [4.78, 5) is 0.144. The molecular formula is C13H19BrN2O3S. The van der Waals surface area contributed by atoms with Crippen LogP contribution in [0.1, 0.15) is 32.1 Å². The molecule has 112 valence electrons. The van der Waals surface area contributed by atoms with Crippen molar-refractivity contribution in [2.75, 3.05) is 12.3 Å². The van der Waals surface area contributed by atoms with Gasteiger partial charge in [-0.3, -0.25) is 0 Å². The molecule has 7 heteroatoms. The fourth-order valence-corrected chi connectivity index (χ4v) is 5.14. The van der Waals surface area contributed by atoms with Crippen molar-refractivity contribution in [3.05, 3.63) is 22.7 Å². The van der Waals surface area contributed by atoms with Crippen LogP contribution in [-0.2, 0) is 10.0 Å². The average molecular weight is 363 g/mol. The molecule has 0 amide bonds. The molecule has 0 atom stereocenters. The van der Waals surface area contributed by atoms with Gasteiger partial charge in [0.05, 0.1) is 17.0 Å². The third kappa shape index (κ3) is 3.33. The average Bonchev–Trinajstić information content (AvgIpc) is 2.38. The number of aliphatic hydroxyl groups is 1. The number of nitrogen functional groups attached to an aromatic ring is 1. The van der Waals surface area contributed by atoms with Gasteiger partial charge in [-0.2, -0.15) is 0 Å². The Balaban J connectivity index is 2.30. The predicted octanol–water partition coefficient (Wildman–Crippen LogP) is 2.00. The minimum atomic E-state index is -3.69. The van der Waals surface area contributed by atoms with Gasteiger partial charge in [0.15, 0.2) is 0 Å². The summed E-state index contributed by atoms with van der Waals surface area (Å²) >= 11 is 3.23. The van der Waals surface area contributed by atoms with E-state index in [1.54, 1.807) is 12.1 Å². The van der Waals surface area contributed by atoms with Crippen LogP contribution in [0.4, 0.5) is 5.69 Å². The number of halogens is 1. The van der Waals surface area contributed by atoms with Crippen LogP contribution < -0.4 is 10.5 Å². The van der Waals surface area contributed by atoms with E-state index in [0.717, 1.165) is 19.3 Å². The van der Waals surface area contributed by atoms with Gasteiger partial charge in [0.25, 0.3) is 0 Å². The largest absolute Gasteiger partial charge is 0.399 e. The number of benzene rings is 1. The number of aliphatic hydroxyl groups excluding tert-OH is 1. The van der Waals surface area contributed by atoms with Crippen molar-refractivity contribution in [1.29, 1.82) is 0 Å². The van der Waals surface area contributed by atoms with Crippen LogP contribution in [0, 0.1) is 0 Å². The monoisotopic (exact) mass is 362 g/mol. The summed E-state index contributed by atoms with van der Waals surface area (Å²) < 4.78 is 28.1. The van der Waals surface area contributed by atoms with Crippen molar-refractivity contribution < 1.29 is 13.5 Å². The molecular weight excluding hydrogens is 344 g/mol. The maximum atomic E-state index is 12.5. The highest BCUT2D eigenvalue weighted by molar-refractivity contribution is 9.10. The van der Waals surface area contributed by atoms with Crippen LogP contribution >= 0.6 is 15.9 Å². The normalized spacial score (nSPS) is 18.9. The molecule has 0 aromatic heterocycles. The maximum absolute atomic E-state index is 12.5. The lowest BCUT2D eigenvalue weighted by molar-refractivity contribution is 0.142. The first kappa shape index (κ1) is 15.8. The van der Waals surface area contributed by atoms with Gasteiger partial charge < -0.3 is 10.8 Å². The Morgan fingerprint density at radius 3 is 2.50 bits per heavy atom. The quantitative estimate of drug-likeness (QED) is 0.714. The van der Waals surface area contributed by atoms with Crippen molar-refractivity contribution in [2.24, 2.45) is 0 Å². The molecule has 0 saturated heterocycles. The van der Waals surface area contributed by atoms with Crippen LogP contribution in [-0.4, -0.2) is 25.7 Å². The first-order valence-electron chi connectivity index (χ1n) is 6.58. The molecule has 1 aromatic carbocycles. The minimum absolute atomic E-state index is 0.144. The van der Waals surface area contributed by atoms with Gasteiger partial charge in [0.2, 0.25) is 10.0 Å². The smallest absolute Gasteiger partial charge is 0.242 e. The zero-order valence-corrected chi connectivity index (χ0v) is 13.5. The van der Waals surface area contributed by atoms with E-state index in [1.165, 1.54) is 6.07 Å². The molecule has 1 aliphatic rings. The van der Waals surface area contributed by atoms with E-state index >= 15 is 0 Å². The van der Waals surface area contributed by atoms with E-state index in [9.17, 15) is 13.5 Å².